The maximum absolute atomic E-state index is 12.6. The molecule has 0 aromatic heterocycles. The molecule has 0 saturated heterocycles. The lowest BCUT2D eigenvalue weighted by Gasteiger charge is -2.12. The Hall–Kier alpha value is -2.80. The number of rotatable bonds is 7. The van der Waals surface area contributed by atoms with E-state index in [2.05, 4.69) is 0 Å². The van der Waals surface area contributed by atoms with Gasteiger partial charge in [-0.3, -0.25) is 4.79 Å². The van der Waals surface area contributed by atoms with Crippen molar-refractivity contribution in [2.24, 2.45) is 0 Å². The number of ketones is 1. The molecular formula is C19H20O6S. The Labute approximate surface area is 152 Å². The van der Waals surface area contributed by atoms with Crippen molar-refractivity contribution in [1.82, 2.24) is 0 Å². The number of methoxy groups -OCH3 is 3. The summed E-state index contributed by atoms with van der Waals surface area (Å²) >= 11 is 0. The fourth-order valence-corrected chi connectivity index (χ4v) is 3.17. The SMILES string of the molecule is COc1ccc(C=CC(=O)c2cc(S(C)(=O)=O)c(OC)cc2OC)cc1. The van der Waals surface area contributed by atoms with Crippen LogP contribution in [0.5, 0.6) is 17.2 Å². The molecule has 0 saturated carbocycles. The van der Waals surface area contributed by atoms with E-state index in [1.807, 2.05) is 0 Å². The van der Waals surface area contributed by atoms with Gasteiger partial charge < -0.3 is 14.2 Å². The van der Waals surface area contributed by atoms with Crippen LogP contribution in [0.2, 0.25) is 0 Å². The third-order valence-corrected chi connectivity index (χ3v) is 4.81. The van der Waals surface area contributed by atoms with E-state index < -0.39 is 9.84 Å². The average molecular weight is 376 g/mol. The molecule has 6 nitrogen and oxygen atoms in total. The van der Waals surface area contributed by atoms with Gasteiger partial charge in [-0.15, -0.1) is 0 Å². The van der Waals surface area contributed by atoms with Crippen molar-refractivity contribution in [3.8, 4) is 17.2 Å². The van der Waals surface area contributed by atoms with E-state index in [1.165, 1.54) is 32.4 Å². The molecule has 0 fully saturated rings. The maximum Gasteiger partial charge on any atom is 0.189 e. The first-order chi connectivity index (χ1) is 12.3. The predicted octanol–water partition coefficient (Wildman–Crippen LogP) is 3.01. The molecule has 0 radical (unpaired) electrons. The van der Waals surface area contributed by atoms with E-state index >= 15 is 0 Å². The summed E-state index contributed by atoms with van der Waals surface area (Å²) in [5, 5.41) is 0. The monoisotopic (exact) mass is 376 g/mol. The normalized spacial score (nSPS) is 11.4. The van der Waals surface area contributed by atoms with Crippen molar-refractivity contribution in [1.29, 1.82) is 0 Å². The molecule has 0 unspecified atom stereocenters. The fourth-order valence-electron chi connectivity index (χ4n) is 2.33. The molecule has 2 rings (SSSR count). The van der Waals surface area contributed by atoms with Gasteiger partial charge in [0.15, 0.2) is 15.6 Å². The highest BCUT2D eigenvalue weighted by atomic mass is 32.2. The van der Waals surface area contributed by atoms with Crippen molar-refractivity contribution in [2.45, 2.75) is 4.90 Å². The van der Waals surface area contributed by atoms with Gasteiger partial charge >= 0.3 is 0 Å². The van der Waals surface area contributed by atoms with Crippen molar-refractivity contribution < 1.29 is 27.4 Å². The Kier molecular flexibility index (Phi) is 6.05. The van der Waals surface area contributed by atoms with Crippen LogP contribution in [-0.2, 0) is 9.84 Å². The van der Waals surface area contributed by atoms with Crippen LogP contribution in [0.25, 0.3) is 6.08 Å². The lowest BCUT2D eigenvalue weighted by Crippen LogP contribution is -2.06. The summed E-state index contributed by atoms with van der Waals surface area (Å²) in [6.45, 7) is 0. The number of carbonyl (C=O) groups is 1. The number of ether oxygens (including phenoxy) is 3. The molecule has 2 aromatic carbocycles. The van der Waals surface area contributed by atoms with Crippen molar-refractivity contribution in [3.05, 3.63) is 53.6 Å². The zero-order valence-electron chi connectivity index (χ0n) is 15.0. The second kappa shape index (κ2) is 8.05. The van der Waals surface area contributed by atoms with Gasteiger partial charge in [-0.2, -0.15) is 0 Å². The highest BCUT2D eigenvalue weighted by molar-refractivity contribution is 7.90. The minimum atomic E-state index is -3.57. The summed E-state index contributed by atoms with van der Waals surface area (Å²) < 4.78 is 39.3. The van der Waals surface area contributed by atoms with E-state index in [4.69, 9.17) is 14.2 Å². The highest BCUT2D eigenvalue weighted by Crippen LogP contribution is 2.32. The van der Waals surface area contributed by atoms with Crippen LogP contribution < -0.4 is 14.2 Å². The average Bonchev–Trinajstić information content (AvgIpc) is 2.64. The minimum absolute atomic E-state index is 0.0676. The summed E-state index contributed by atoms with van der Waals surface area (Å²) in [7, 11) is 0.758. The minimum Gasteiger partial charge on any atom is -0.497 e. The Bertz CT molecular complexity index is 927. The van der Waals surface area contributed by atoms with Crippen LogP contribution in [-0.4, -0.2) is 41.8 Å². The largest absolute Gasteiger partial charge is 0.497 e. The summed E-state index contributed by atoms with van der Waals surface area (Å²) in [5.41, 5.74) is 0.938. The van der Waals surface area contributed by atoms with E-state index in [9.17, 15) is 13.2 Å². The van der Waals surface area contributed by atoms with Crippen LogP contribution in [0.4, 0.5) is 0 Å². The lowest BCUT2D eigenvalue weighted by atomic mass is 10.1. The molecular weight excluding hydrogens is 356 g/mol. The number of allylic oxidation sites excluding steroid dienone is 1. The number of hydrogen-bond acceptors (Lipinski definition) is 6. The molecule has 0 atom stereocenters. The first-order valence-electron chi connectivity index (χ1n) is 7.62. The van der Waals surface area contributed by atoms with E-state index in [1.54, 1.807) is 37.5 Å². The molecule has 0 aliphatic rings. The molecule has 0 spiro atoms. The van der Waals surface area contributed by atoms with E-state index in [-0.39, 0.29) is 27.7 Å². The Balaban J connectivity index is 2.41. The van der Waals surface area contributed by atoms with E-state index in [0.717, 1.165) is 11.8 Å². The van der Waals surface area contributed by atoms with Gasteiger partial charge in [0.05, 0.1) is 26.9 Å². The van der Waals surface area contributed by atoms with Gasteiger partial charge in [0, 0.05) is 12.3 Å². The summed E-state index contributed by atoms with van der Waals surface area (Å²) in [5.74, 6) is 0.687. The quantitative estimate of drug-likeness (QED) is 0.546. The molecule has 0 aliphatic heterocycles. The molecule has 26 heavy (non-hydrogen) atoms. The smallest absolute Gasteiger partial charge is 0.189 e. The van der Waals surface area contributed by atoms with Crippen LogP contribution in [0.15, 0.2) is 47.4 Å². The molecule has 2 aromatic rings. The van der Waals surface area contributed by atoms with E-state index in [0.29, 0.717) is 5.75 Å². The number of sulfone groups is 1. The third kappa shape index (κ3) is 4.43. The Morgan fingerprint density at radius 2 is 1.54 bits per heavy atom. The second-order valence-corrected chi connectivity index (χ2v) is 7.43. The van der Waals surface area contributed by atoms with Crippen molar-refractivity contribution >= 4 is 21.7 Å². The Morgan fingerprint density at radius 1 is 0.923 bits per heavy atom. The van der Waals surface area contributed by atoms with Gasteiger partial charge in [-0.25, -0.2) is 8.42 Å². The first-order valence-corrected chi connectivity index (χ1v) is 9.52. The summed E-state index contributed by atoms with van der Waals surface area (Å²) in [6, 6.07) is 9.82. The van der Waals surface area contributed by atoms with Crippen molar-refractivity contribution in [3.63, 3.8) is 0 Å². The number of carbonyl (C=O) groups excluding carboxylic acids is 1. The van der Waals surface area contributed by atoms with Crippen LogP contribution in [0, 0.1) is 0 Å². The highest BCUT2D eigenvalue weighted by Gasteiger charge is 2.21. The maximum atomic E-state index is 12.6. The summed E-state index contributed by atoms with van der Waals surface area (Å²) in [6.07, 6.45) is 4.04. The molecule has 0 bridgehead atoms. The van der Waals surface area contributed by atoms with Gasteiger partial charge in [0.25, 0.3) is 0 Å². The lowest BCUT2D eigenvalue weighted by molar-refractivity contribution is 0.104. The molecule has 138 valence electrons. The molecule has 7 heteroatoms. The molecule has 0 heterocycles. The Morgan fingerprint density at radius 3 is 2.04 bits per heavy atom. The predicted molar refractivity (Wildman–Crippen MR) is 99.0 cm³/mol. The standard InChI is InChI=1S/C19H20O6S/c1-23-14-8-5-13(6-9-14)7-10-16(20)15-11-19(26(4,21)22)18(25-3)12-17(15)24-2/h5-12H,1-4H3. The van der Waals surface area contributed by atoms with Crippen molar-refractivity contribution in [2.75, 3.05) is 27.6 Å². The topological polar surface area (TPSA) is 78.9 Å². The third-order valence-electron chi connectivity index (χ3n) is 3.69. The second-order valence-electron chi connectivity index (χ2n) is 5.45. The molecule has 0 aliphatic carbocycles. The number of benzene rings is 2. The zero-order valence-corrected chi connectivity index (χ0v) is 15.8. The van der Waals surface area contributed by atoms with Gasteiger partial charge in [0.2, 0.25) is 0 Å². The van der Waals surface area contributed by atoms with Crippen LogP contribution in [0.3, 0.4) is 0 Å². The first kappa shape index (κ1) is 19.5. The fraction of sp³-hybridized carbons (Fsp3) is 0.211. The molecule has 0 N–H and O–H groups in total. The van der Waals surface area contributed by atoms with Gasteiger partial charge in [0.1, 0.15) is 22.1 Å². The van der Waals surface area contributed by atoms with Gasteiger partial charge in [-0.1, -0.05) is 18.2 Å². The van der Waals surface area contributed by atoms with Crippen LogP contribution in [0.1, 0.15) is 15.9 Å². The molecule has 0 amide bonds. The zero-order chi connectivity index (χ0) is 19.3. The van der Waals surface area contributed by atoms with Crippen LogP contribution >= 0.6 is 0 Å². The van der Waals surface area contributed by atoms with Gasteiger partial charge in [-0.05, 0) is 29.8 Å². The summed E-state index contributed by atoms with van der Waals surface area (Å²) in [4.78, 5) is 12.5. The number of hydrogen-bond donors (Lipinski definition) is 0.